The number of hydrogen-bond acceptors (Lipinski definition) is 1. The molecule has 0 radical (unpaired) electrons. The monoisotopic (exact) mass is 215 g/mol. The van der Waals surface area contributed by atoms with Crippen molar-refractivity contribution in [1.29, 1.82) is 0 Å². The van der Waals surface area contributed by atoms with Crippen LogP contribution in [0.3, 0.4) is 0 Å². The average molecular weight is 215 g/mol. The number of nitrogen functional groups attached to an aromatic ring is 1. The second kappa shape index (κ2) is 4.35. The van der Waals surface area contributed by atoms with E-state index in [1.54, 1.807) is 6.07 Å². The molecule has 2 rings (SSSR count). The summed E-state index contributed by atoms with van der Waals surface area (Å²) in [5.74, 6) is -0.300. The fourth-order valence-electron chi connectivity index (χ4n) is 1.72. The second-order valence-corrected chi connectivity index (χ2v) is 3.78. The lowest BCUT2D eigenvalue weighted by molar-refractivity contribution is 0.628. The zero-order valence-corrected chi connectivity index (χ0v) is 9.20. The molecule has 0 fully saturated rings. The van der Waals surface area contributed by atoms with E-state index >= 15 is 0 Å². The van der Waals surface area contributed by atoms with Crippen molar-refractivity contribution in [3.05, 3.63) is 53.8 Å². The van der Waals surface area contributed by atoms with Crippen LogP contribution in [0.25, 0.3) is 11.1 Å². The minimum Gasteiger partial charge on any atom is -0.398 e. The van der Waals surface area contributed by atoms with Crippen molar-refractivity contribution in [3.63, 3.8) is 0 Å². The van der Waals surface area contributed by atoms with Gasteiger partial charge in [-0.2, -0.15) is 0 Å². The normalized spacial score (nSPS) is 10.4. The third kappa shape index (κ3) is 2.06. The van der Waals surface area contributed by atoms with Gasteiger partial charge < -0.3 is 5.73 Å². The highest BCUT2D eigenvalue weighted by Gasteiger charge is 2.03. The van der Waals surface area contributed by atoms with E-state index in [4.69, 9.17) is 5.73 Å². The Bertz CT molecular complexity index is 489. The summed E-state index contributed by atoms with van der Waals surface area (Å²) in [7, 11) is 0. The summed E-state index contributed by atoms with van der Waals surface area (Å²) in [4.78, 5) is 0. The first kappa shape index (κ1) is 10.7. The summed E-state index contributed by atoms with van der Waals surface area (Å²) in [6.07, 6.45) is 1.01. The lowest BCUT2D eigenvalue weighted by Crippen LogP contribution is -1.91. The van der Waals surface area contributed by atoms with E-state index in [9.17, 15) is 4.39 Å². The number of nitrogens with two attached hydrogens (primary N) is 1. The number of halogens is 1. The van der Waals surface area contributed by atoms with Crippen LogP contribution in [0.4, 0.5) is 10.1 Å². The molecule has 2 N–H and O–H groups in total. The molecular formula is C14H14FN. The smallest absolute Gasteiger partial charge is 0.125 e. The Kier molecular flexibility index (Phi) is 2.91. The maximum atomic E-state index is 12.9. The highest BCUT2D eigenvalue weighted by atomic mass is 19.1. The minimum atomic E-state index is -0.300. The predicted octanol–water partition coefficient (Wildman–Crippen LogP) is 3.64. The van der Waals surface area contributed by atoms with Gasteiger partial charge in [0.25, 0.3) is 0 Å². The fraction of sp³-hybridized carbons (Fsp3) is 0.143. The maximum Gasteiger partial charge on any atom is 0.125 e. The molecule has 82 valence electrons. The van der Waals surface area contributed by atoms with Crippen LogP contribution in [0.5, 0.6) is 0 Å². The van der Waals surface area contributed by atoms with Gasteiger partial charge in [0, 0.05) is 11.3 Å². The minimum absolute atomic E-state index is 0.300. The van der Waals surface area contributed by atoms with E-state index in [0.29, 0.717) is 5.69 Å². The van der Waals surface area contributed by atoms with Crippen molar-refractivity contribution in [2.45, 2.75) is 13.3 Å². The Morgan fingerprint density at radius 3 is 2.31 bits per heavy atom. The summed E-state index contributed by atoms with van der Waals surface area (Å²) >= 11 is 0. The van der Waals surface area contributed by atoms with Crippen molar-refractivity contribution in [3.8, 4) is 11.1 Å². The van der Waals surface area contributed by atoms with Gasteiger partial charge in [0.05, 0.1) is 0 Å². The van der Waals surface area contributed by atoms with Crippen LogP contribution in [0.15, 0.2) is 42.5 Å². The van der Waals surface area contributed by atoms with Gasteiger partial charge in [0.15, 0.2) is 0 Å². The van der Waals surface area contributed by atoms with Crippen LogP contribution >= 0.6 is 0 Å². The molecular weight excluding hydrogens is 201 g/mol. The lowest BCUT2D eigenvalue weighted by atomic mass is 10.0. The molecule has 0 heterocycles. The molecule has 0 aliphatic rings. The first-order chi connectivity index (χ1) is 7.70. The molecule has 0 saturated heterocycles. The molecule has 0 saturated carbocycles. The molecule has 0 aliphatic heterocycles. The van der Waals surface area contributed by atoms with E-state index in [0.717, 1.165) is 17.5 Å². The van der Waals surface area contributed by atoms with Gasteiger partial charge in [-0.15, -0.1) is 0 Å². The predicted molar refractivity (Wildman–Crippen MR) is 65.6 cm³/mol. The molecule has 1 nitrogen and oxygen atoms in total. The van der Waals surface area contributed by atoms with Gasteiger partial charge in [0.1, 0.15) is 5.82 Å². The largest absolute Gasteiger partial charge is 0.398 e. The van der Waals surface area contributed by atoms with Gasteiger partial charge in [0.2, 0.25) is 0 Å². The molecule has 16 heavy (non-hydrogen) atoms. The van der Waals surface area contributed by atoms with E-state index in [-0.39, 0.29) is 5.82 Å². The first-order valence-electron chi connectivity index (χ1n) is 5.35. The van der Waals surface area contributed by atoms with Crippen LogP contribution in [-0.2, 0) is 6.42 Å². The zero-order chi connectivity index (χ0) is 11.5. The Hall–Kier alpha value is -1.83. The highest BCUT2D eigenvalue weighted by molar-refractivity contribution is 5.76. The van der Waals surface area contributed by atoms with E-state index in [1.807, 2.05) is 12.1 Å². The quantitative estimate of drug-likeness (QED) is 0.760. The summed E-state index contributed by atoms with van der Waals surface area (Å²) < 4.78 is 12.9. The Morgan fingerprint density at radius 1 is 1.06 bits per heavy atom. The third-order valence-corrected chi connectivity index (χ3v) is 2.69. The van der Waals surface area contributed by atoms with Crippen LogP contribution in [0.2, 0.25) is 0 Å². The highest BCUT2D eigenvalue weighted by Crippen LogP contribution is 2.26. The van der Waals surface area contributed by atoms with Crippen molar-refractivity contribution >= 4 is 5.69 Å². The Balaban J connectivity index is 2.42. The summed E-state index contributed by atoms with van der Waals surface area (Å²) in [6, 6.07) is 12.7. The van der Waals surface area contributed by atoms with Gasteiger partial charge in [-0.05, 0) is 35.7 Å². The van der Waals surface area contributed by atoms with Crippen molar-refractivity contribution in [2.24, 2.45) is 0 Å². The van der Waals surface area contributed by atoms with E-state index in [2.05, 4.69) is 19.1 Å². The summed E-state index contributed by atoms with van der Waals surface area (Å²) in [5, 5.41) is 0. The van der Waals surface area contributed by atoms with Gasteiger partial charge in [-0.1, -0.05) is 31.2 Å². The van der Waals surface area contributed by atoms with Gasteiger partial charge in [-0.25, -0.2) is 4.39 Å². The topological polar surface area (TPSA) is 26.0 Å². The van der Waals surface area contributed by atoms with E-state index < -0.39 is 0 Å². The molecule has 0 spiro atoms. The number of hydrogen-bond donors (Lipinski definition) is 1. The molecule has 0 aromatic heterocycles. The summed E-state index contributed by atoms with van der Waals surface area (Å²) in [6.45, 7) is 2.11. The van der Waals surface area contributed by atoms with Crippen molar-refractivity contribution in [1.82, 2.24) is 0 Å². The van der Waals surface area contributed by atoms with Gasteiger partial charge >= 0.3 is 0 Å². The molecule has 0 amide bonds. The zero-order valence-electron chi connectivity index (χ0n) is 9.20. The number of aryl methyl sites for hydroxylation is 1. The molecule has 2 aromatic rings. The standard InChI is InChI=1S/C14H14FN/c1-2-10-3-5-11(6-4-10)13-8-7-12(15)9-14(13)16/h3-9H,2,16H2,1H3. The Labute approximate surface area is 94.7 Å². The van der Waals surface area contributed by atoms with Crippen LogP contribution in [-0.4, -0.2) is 0 Å². The van der Waals surface area contributed by atoms with Crippen molar-refractivity contribution < 1.29 is 4.39 Å². The SMILES string of the molecule is CCc1ccc(-c2ccc(F)cc2N)cc1. The molecule has 0 atom stereocenters. The lowest BCUT2D eigenvalue weighted by Gasteiger charge is -2.06. The first-order valence-corrected chi connectivity index (χ1v) is 5.35. The van der Waals surface area contributed by atoms with Crippen LogP contribution in [0, 0.1) is 5.82 Å². The fourth-order valence-corrected chi connectivity index (χ4v) is 1.72. The summed E-state index contributed by atoms with van der Waals surface area (Å²) in [5.41, 5.74) is 9.44. The molecule has 0 bridgehead atoms. The number of rotatable bonds is 2. The molecule has 0 aliphatic carbocycles. The second-order valence-electron chi connectivity index (χ2n) is 3.78. The number of benzene rings is 2. The molecule has 2 aromatic carbocycles. The third-order valence-electron chi connectivity index (χ3n) is 2.69. The van der Waals surface area contributed by atoms with Crippen LogP contribution < -0.4 is 5.73 Å². The maximum absolute atomic E-state index is 12.9. The Morgan fingerprint density at radius 2 is 1.75 bits per heavy atom. The number of anilines is 1. The van der Waals surface area contributed by atoms with Crippen LogP contribution in [0.1, 0.15) is 12.5 Å². The van der Waals surface area contributed by atoms with Gasteiger partial charge in [-0.3, -0.25) is 0 Å². The molecule has 2 heteroatoms. The van der Waals surface area contributed by atoms with E-state index in [1.165, 1.54) is 17.7 Å². The van der Waals surface area contributed by atoms with Crippen molar-refractivity contribution in [2.75, 3.05) is 5.73 Å². The average Bonchev–Trinajstić information content (AvgIpc) is 2.29. The molecule has 0 unspecified atom stereocenters.